The lowest BCUT2D eigenvalue weighted by Gasteiger charge is -2.07. The Bertz CT molecular complexity index is 856. The molecule has 0 atom stereocenters. The third kappa shape index (κ3) is 4.02. The SMILES string of the molecule is Cc1cc(C)c(/C=C2\N=C(CCc3ccc(F)cc3)NC2=O)c(C)c1. The lowest BCUT2D eigenvalue weighted by molar-refractivity contribution is -0.115. The van der Waals surface area contributed by atoms with Gasteiger partial charge < -0.3 is 5.32 Å². The molecule has 0 aliphatic carbocycles. The monoisotopic (exact) mass is 336 g/mol. The second-order valence-electron chi connectivity index (χ2n) is 6.48. The van der Waals surface area contributed by atoms with Gasteiger partial charge in [-0.2, -0.15) is 0 Å². The van der Waals surface area contributed by atoms with E-state index in [1.54, 1.807) is 12.1 Å². The van der Waals surface area contributed by atoms with Crippen LogP contribution >= 0.6 is 0 Å². The number of hydrogen-bond acceptors (Lipinski definition) is 2. The van der Waals surface area contributed by atoms with Gasteiger partial charge in [-0.3, -0.25) is 4.79 Å². The summed E-state index contributed by atoms with van der Waals surface area (Å²) in [5, 5.41) is 2.82. The molecule has 0 unspecified atom stereocenters. The number of carbonyl (C=O) groups is 1. The Morgan fingerprint density at radius 1 is 1.04 bits per heavy atom. The third-order valence-electron chi connectivity index (χ3n) is 4.33. The zero-order valence-electron chi connectivity index (χ0n) is 14.7. The van der Waals surface area contributed by atoms with Crippen molar-refractivity contribution in [3.05, 3.63) is 75.7 Å². The number of halogens is 1. The number of amides is 1. The van der Waals surface area contributed by atoms with E-state index in [9.17, 15) is 9.18 Å². The number of aryl methyl sites for hydroxylation is 4. The molecule has 2 aromatic rings. The predicted octanol–water partition coefficient (Wildman–Crippen LogP) is 4.25. The number of benzene rings is 2. The van der Waals surface area contributed by atoms with E-state index in [2.05, 4.69) is 29.4 Å². The van der Waals surface area contributed by atoms with Crippen LogP contribution in [0.5, 0.6) is 0 Å². The highest BCUT2D eigenvalue weighted by Gasteiger charge is 2.20. The van der Waals surface area contributed by atoms with Crippen LogP contribution < -0.4 is 5.32 Å². The van der Waals surface area contributed by atoms with E-state index in [-0.39, 0.29) is 11.7 Å². The van der Waals surface area contributed by atoms with Crippen molar-refractivity contribution < 1.29 is 9.18 Å². The molecule has 25 heavy (non-hydrogen) atoms. The first-order valence-corrected chi connectivity index (χ1v) is 8.35. The first-order valence-electron chi connectivity index (χ1n) is 8.35. The third-order valence-corrected chi connectivity index (χ3v) is 4.33. The number of aliphatic imine (C=N–C) groups is 1. The van der Waals surface area contributed by atoms with Crippen molar-refractivity contribution >= 4 is 17.8 Å². The summed E-state index contributed by atoms with van der Waals surface area (Å²) in [6, 6.07) is 10.6. The predicted molar refractivity (Wildman–Crippen MR) is 98.9 cm³/mol. The smallest absolute Gasteiger partial charge is 0.275 e. The fourth-order valence-electron chi connectivity index (χ4n) is 3.10. The molecular weight excluding hydrogens is 315 g/mol. The number of carbonyl (C=O) groups excluding carboxylic acids is 1. The molecule has 1 N–H and O–H groups in total. The van der Waals surface area contributed by atoms with Crippen LogP contribution in [0, 0.1) is 26.6 Å². The summed E-state index contributed by atoms with van der Waals surface area (Å²) in [6.07, 6.45) is 3.17. The van der Waals surface area contributed by atoms with Gasteiger partial charge in [0, 0.05) is 6.42 Å². The largest absolute Gasteiger partial charge is 0.309 e. The van der Waals surface area contributed by atoms with Crippen molar-refractivity contribution in [2.75, 3.05) is 0 Å². The molecule has 1 aliphatic heterocycles. The second kappa shape index (κ2) is 7.01. The van der Waals surface area contributed by atoms with Gasteiger partial charge in [0.1, 0.15) is 17.3 Å². The van der Waals surface area contributed by atoms with Crippen LogP contribution in [0.2, 0.25) is 0 Å². The minimum atomic E-state index is -0.246. The summed E-state index contributed by atoms with van der Waals surface area (Å²) < 4.78 is 12.9. The van der Waals surface area contributed by atoms with Crippen molar-refractivity contribution in [1.82, 2.24) is 5.32 Å². The Kier molecular flexibility index (Phi) is 4.79. The minimum Gasteiger partial charge on any atom is -0.309 e. The van der Waals surface area contributed by atoms with Gasteiger partial charge in [0.2, 0.25) is 0 Å². The fraction of sp³-hybridized carbons (Fsp3) is 0.238. The second-order valence-corrected chi connectivity index (χ2v) is 6.48. The van der Waals surface area contributed by atoms with Crippen LogP contribution in [0.25, 0.3) is 6.08 Å². The molecule has 0 spiro atoms. The van der Waals surface area contributed by atoms with Gasteiger partial charge >= 0.3 is 0 Å². The Balaban J connectivity index is 1.77. The molecule has 0 saturated carbocycles. The number of nitrogens with one attached hydrogen (secondary N) is 1. The minimum absolute atomic E-state index is 0.173. The van der Waals surface area contributed by atoms with Crippen LogP contribution in [0.4, 0.5) is 4.39 Å². The van der Waals surface area contributed by atoms with Crippen LogP contribution in [0.15, 0.2) is 47.1 Å². The molecule has 3 nitrogen and oxygen atoms in total. The van der Waals surface area contributed by atoms with Gasteiger partial charge in [0.15, 0.2) is 0 Å². The maximum absolute atomic E-state index is 12.9. The Hall–Kier alpha value is -2.75. The molecule has 1 aliphatic rings. The first-order chi connectivity index (χ1) is 11.9. The van der Waals surface area contributed by atoms with E-state index in [0.29, 0.717) is 24.4 Å². The van der Waals surface area contributed by atoms with Gasteiger partial charge in [-0.15, -0.1) is 0 Å². The fourth-order valence-corrected chi connectivity index (χ4v) is 3.10. The van der Waals surface area contributed by atoms with Gasteiger partial charge in [0.25, 0.3) is 5.91 Å². The standard InChI is InChI=1S/C21H21FN2O/c1-13-10-14(2)18(15(3)11-13)12-19-21(25)24-20(23-19)9-6-16-4-7-17(22)8-5-16/h4-5,7-8,10-12H,6,9H2,1-3H3,(H,23,24,25)/b19-12-. The van der Waals surface area contributed by atoms with Gasteiger partial charge in [-0.25, -0.2) is 9.38 Å². The molecule has 128 valence electrons. The summed E-state index contributed by atoms with van der Waals surface area (Å²) in [6.45, 7) is 6.14. The van der Waals surface area contributed by atoms with Crippen molar-refractivity contribution in [1.29, 1.82) is 0 Å². The first kappa shape index (κ1) is 17.1. The molecule has 0 aromatic heterocycles. The van der Waals surface area contributed by atoms with Gasteiger partial charge in [0.05, 0.1) is 0 Å². The number of amidine groups is 1. The molecule has 2 aromatic carbocycles. The molecule has 1 amide bonds. The Morgan fingerprint density at radius 2 is 1.68 bits per heavy atom. The Morgan fingerprint density at radius 3 is 2.32 bits per heavy atom. The molecule has 0 radical (unpaired) electrons. The molecule has 0 fully saturated rings. The molecule has 4 heteroatoms. The average molecular weight is 336 g/mol. The molecular formula is C21H21FN2O. The topological polar surface area (TPSA) is 41.5 Å². The van der Waals surface area contributed by atoms with E-state index in [1.807, 2.05) is 19.9 Å². The van der Waals surface area contributed by atoms with E-state index in [0.717, 1.165) is 22.3 Å². The summed E-state index contributed by atoms with van der Waals surface area (Å²) in [5.41, 5.74) is 5.96. The zero-order chi connectivity index (χ0) is 18.0. The summed E-state index contributed by atoms with van der Waals surface area (Å²) in [5.74, 6) is 0.237. The van der Waals surface area contributed by atoms with Crippen LogP contribution in [-0.4, -0.2) is 11.7 Å². The van der Waals surface area contributed by atoms with Crippen LogP contribution in [0.3, 0.4) is 0 Å². The van der Waals surface area contributed by atoms with E-state index < -0.39 is 0 Å². The molecule has 3 rings (SSSR count). The molecule has 0 bridgehead atoms. The highest BCUT2D eigenvalue weighted by atomic mass is 19.1. The Labute approximate surface area is 147 Å². The van der Waals surface area contributed by atoms with Gasteiger partial charge in [-0.1, -0.05) is 29.8 Å². The maximum atomic E-state index is 12.9. The van der Waals surface area contributed by atoms with Crippen molar-refractivity contribution in [3.63, 3.8) is 0 Å². The van der Waals surface area contributed by atoms with E-state index >= 15 is 0 Å². The summed E-state index contributed by atoms with van der Waals surface area (Å²) in [4.78, 5) is 16.6. The van der Waals surface area contributed by atoms with Crippen LogP contribution in [-0.2, 0) is 11.2 Å². The average Bonchev–Trinajstić information content (AvgIpc) is 2.90. The highest BCUT2D eigenvalue weighted by molar-refractivity contribution is 6.14. The lowest BCUT2D eigenvalue weighted by Crippen LogP contribution is -2.24. The number of hydrogen-bond donors (Lipinski definition) is 1. The van der Waals surface area contributed by atoms with Crippen molar-refractivity contribution in [2.45, 2.75) is 33.6 Å². The summed E-state index contributed by atoms with van der Waals surface area (Å²) in [7, 11) is 0. The normalized spacial score (nSPS) is 15.4. The number of nitrogens with zero attached hydrogens (tertiary/aromatic N) is 1. The molecule has 0 saturated heterocycles. The molecule has 1 heterocycles. The van der Waals surface area contributed by atoms with Crippen LogP contribution in [0.1, 0.15) is 34.2 Å². The summed E-state index contributed by atoms with van der Waals surface area (Å²) >= 11 is 0. The van der Waals surface area contributed by atoms with E-state index in [1.165, 1.54) is 17.7 Å². The highest BCUT2D eigenvalue weighted by Crippen LogP contribution is 2.21. The number of rotatable bonds is 4. The van der Waals surface area contributed by atoms with Gasteiger partial charge in [-0.05, 0) is 67.7 Å². The zero-order valence-corrected chi connectivity index (χ0v) is 14.7. The lowest BCUT2D eigenvalue weighted by atomic mass is 9.99. The van der Waals surface area contributed by atoms with Crippen molar-refractivity contribution in [2.24, 2.45) is 4.99 Å². The van der Waals surface area contributed by atoms with E-state index in [4.69, 9.17) is 0 Å². The quantitative estimate of drug-likeness (QED) is 0.833. The van der Waals surface area contributed by atoms with Crippen molar-refractivity contribution in [3.8, 4) is 0 Å². The maximum Gasteiger partial charge on any atom is 0.275 e.